The highest BCUT2D eigenvalue weighted by atomic mass is 15.4. The third kappa shape index (κ3) is 2.66. The fourth-order valence-electron chi connectivity index (χ4n) is 4.52. The maximum Gasteiger partial charge on any atom is 0.254 e. The van der Waals surface area contributed by atoms with E-state index in [1.807, 2.05) is 11.4 Å². The summed E-state index contributed by atoms with van der Waals surface area (Å²) < 4.78 is 1.98. The van der Waals surface area contributed by atoms with E-state index in [1.165, 1.54) is 40.3 Å². The topological polar surface area (TPSA) is 49.6 Å². The highest BCUT2D eigenvalue weighted by molar-refractivity contribution is 5.60. The van der Waals surface area contributed by atoms with Gasteiger partial charge in [0.2, 0.25) is 0 Å². The van der Waals surface area contributed by atoms with Crippen LogP contribution in [0.4, 0.5) is 11.5 Å². The van der Waals surface area contributed by atoms with Crippen molar-refractivity contribution < 1.29 is 0 Å². The number of benzene rings is 1. The summed E-state index contributed by atoms with van der Waals surface area (Å²) in [5, 5.41) is 4.66. The van der Waals surface area contributed by atoms with Gasteiger partial charge in [-0.05, 0) is 57.2 Å². The second-order valence-electron chi connectivity index (χ2n) is 7.78. The molecule has 0 spiro atoms. The van der Waals surface area contributed by atoms with Crippen molar-refractivity contribution in [2.45, 2.75) is 40.0 Å². The predicted octanol–water partition coefficient (Wildman–Crippen LogP) is 2.86. The van der Waals surface area contributed by atoms with Crippen LogP contribution in [-0.4, -0.2) is 45.8 Å². The van der Waals surface area contributed by atoms with E-state index in [9.17, 15) is 0 Å². The van der Waals surface area contributed by atoms with Gasteiger partial charge in [-0.2, -0.15) is 9.50 Å². The van der Waals surface area contributed by atoms with Crippen LogP contribution in [0.25, 0.3) is 5.78 Å². The summed E-state index contributed by atoms with van der Waals surface area (Å²) in [4.78, 5) is 14.3. The molecule has 0 unspecified atom stereocenters. The lowest BCUT2D eigenvalue weighted by atomic mass is 10.1. The van der Waals surface area contributed by atoms with Gasteiger partial charge < -0.3 is 9.80 Å². The summed E-state index contributed by atoms with van der Waals surface area (Å²) in [6.45, 7) is 10.4. The van der Waals surface area contributed by atoms with Gasteiger partial charge in [-0.15, -0.1) is 5.10 Å². The number of hydrogen-bond donors (Lipinski definition) is 0. The van der Waals surface area contributed by atoms with Crippen LogP contribution in [0.3, 0.4) is 0 Å². The van der Waals surface area contributed by atoms with Crippen molar-refractivity contribution in [1.29, 1.82) is 0 Å². The number of rotatable bonds is 2. The molecule has 0 amide bonds. The summed E-state index contributed by atoms with van der Waals surface area (Å²) in [6, 6.07) is 6.61. The van der Waals surface area contributed by atoms with Crippen LogP contribution >= 0.6 is 0 Å². The van der Waals surface area contributed by atoms with E-state index in [0.717, 1.165) is 50.6 Å². The van der Waals surface area contributed by atoms with E-state index >= 15 is 0 Å². The molecule has 1 saturated heterocycles. The van der Waals surface area contributed by atoms with Crippen LogP contribution < -0.4 is 9.80 Å². The van der Waals surface area contributed by atoms with Gasteiger partial charge in [0.25, 0.3) is 5.78 Å². The normalized spacial score (nSPS) is 17.0. The molecule has 1 fully saturated rings. The molecule has 1 aliphatic carbocycles. The second kappa shape index (κ2) is 6.22. The SMILES string of the molecule is Cc1nc2nc3c(c(N4CCN(c5cccc(C)c5C)CC4)n2n1)CCC3. The average molecular weight is 362 g/mol. The fourth-order valence-corrected chi connectivity index (χ4v) is 4.52. The average Bonchev–Trinajstić information content (AvgIpc) is 3.27. The van der Waals surface area contributed by atoms with Gasteiger partial charge in [-0.25, -0.2) is 4.98 Å². The van der Waals surface area contributed by atoms with E-state index in [4.69, 9.17) is 4.98 Å². The van der Waals surface area contributed by atoms with Gasteiger partial charge in [-0.3, -0.25) is 0 Å². The third-order valence-corrected chi connectivity index (χ3v) is 6.09. The zero-order valence-electron chi connectivity index (χ0n) is 16.4. The van der Waals surface area contributed by atoms with E-state index in [2.05, 4.69) is 51.9 Å². The number of nitrogens with zero attached hydrogens (tertiary/aromatic N) is 6. The Bertz CT molecular complexity index is 1010. The highest BCUT2D eigenvalue weighted by Gasteiger charge is 2.28. The Labute approximate surface area is 159 Å². The molecule has 6 nitrogen and oxygen atoms in total. The lowest BCUT2D eigenvalue weighted by molar-refractivity contribution is 0.634. The molecular formula is C21H26N6. The van der Waals surface area contributed by atoms with E-state index in [1.54, 1.807) is 0 Å². The van der Waals surface area contributed by atoms with Crippen molar-refractivity contribution in [1.82, 2.24) is 19.6 Å². The standard InChI is InChI=1S/C21H26N6/c1-14-6-4-9-19(15(14)2)25-10-12-26(13-11-25)20-17-7-5-8-18(17)23-21-22-16(3)24-27(20)21/h4,6,9H,5,7-8,10-13H2,1-3H3. The molecule has 0 saturated carbocycles. The minimum atomic E-state index is 0.750. The molecule has 1 aliphatic heterocycles. The number of aromatic nitrogens is 4. The molecule has 5 rings (SSSR count). The lowest BCUT2D eigenvalue weighted by Gasteiger charge is -2.38. The van der Waals surface area contributed by atoms with Crippen LogP contribution in [0, 0.1) is 20.8 Å². The summed E-state index contributed by atoms with van der Waals surface area (Å²) in [5.74, 6) is 2.77. The summed E-state index contributed by atoms with van der Waals surface area (Å²) in [6.07, 6.45) is 3.35. The van der Waals surface area contributed by atoms with Gasteiger partial charge in [-0.1, -0.05) is 12.1 Å². The first-order valence-corrected chi connectivity index (χ1v) is 9.93. The monoisotopic (exact) mass is 362 g/mol. The third-order valence-electron chi connectivity index (χ3n) is 6.09. The molecule has 1 aromatic carbocycles. The Hall–Kier alpha value is -2.63. The summed E-state index contributed by atoms with van der Waals surface area (Å²) in [7, 11) is 0. The van der Waals surface area contributed by atoms with Crippen molar-refractivity contribution in [2.24, 2.45) is 0 Å². The molecular weight excluding hydrogens is 336 g/mol. The second-order valence-corrected chi connectivity index (χ2v) is 7.78. The zero-order chi connectivity index (χ0) is 18.5. The maximum absolute atomic E-state index is 4.77. The van der Waals surface area contributed by atoms with Crippen molar-refractivity contribution in [2.75, 3.05) is 36.0 Å². The molecule has 27 heavy (non-hydrogen) atoms. The molecule has 3 aromatic rings. The molecule has 3 heterocycles. The maximum atomic E-state index is 4.77. The number of fused-ring (bicyclic) bond motifs is 2. The van der Waals surface area contributed by atoms with E-state index < -0.39 is 0 Å². The smallest absolute Gasteiger partial charge is 0.254 e. The van der Waals surface area contributed by atoms with Gasteiger partial charge in [0, 0.05) is 37.4 Å². The molecule has 2 aromatic heterocycles. The molecule has 6 heteroatoms. The fraction of sp³-hybridized carbons (Fsp3) is 0.476. The number of hydrogen-bond acceptors (Lipinski definition) is 5. The molecule has 140 valence electrons. The first-order chi connectivity index (χ1) is 13.1. The Morgan fingerprint density at radius 2 is 1.67 bits per heavy atom. The first-order valence-electron chi connectivity index (χ1n) is 9.93. The van der Waals surface area contributed by atoms with Gasteiger partial charge >= 0.3 is 0 Å². The van der Waals surface area contributed by atoms with Crippen LogP contribution in [0.5, 0.6) is 0 Å². The van der Waals surface area contributed by atoms with Crippen LogP contribution in [0.15, 0.2) is 18.2 Å². The Morgan fingerprint density at radius 3 is 2.48 bits per heavy atom. The van der Waals surface area contributed by atoms with Crippen molar-refractivity contribution in [3.05, 3.63) is 46.4 Å². The largest absolute Gasteiger partial charge is 0.368 e. The van der Waals surface area contributed by atoms with Crippen LogP contribution in [-0.2, 0) is 12.8 Å². The van der Waals surface area contributed by atoms with Crippen LogP contribution in [0.1, 0.15) is 34.6 Å². The number of aryl methyl sites for hydroxylation is 3. The first kappa shape index (κ1) is 16.5. The molecule has 0 atom stereocenters. The molecule has 0 radical (unpaired) electrons. The lowest BCUT2D eigenvalue weighted by Crippen LogP contribution is -2.47. The number of anilines is 2. The van der Waals surface area contributed by atoms with Gasteiger partial charge in [0.15, 0.2) is 0 Å². The van der Waals surface area contributed by atoms with Gasteiger partial charge in [0.05, 0.1) is 5.69 Å². The Morgan fingerprint density at radius 1 is 0.889 bits per heavy atom. The minimum absolute atomic E-state index is 0.750. The predicted molar refractivity (Wildman–Crippen MR) is 108 cm³/mol. The Kier molecular flexibility index (Phi) is 3.81. The molecule has 2 aliphatic rings. The summed E-state index contributed by atoms with van der Waals surface area (Å²) in [5.41, 5.74) is 6.73. The summed E-state index contributed by atoms with van der Waals surface area (Å²) >= 11 is 0. The van der Waals surface area contributed by atoms with E-state index in [-0.39, 0.29) is 0 Å². The molecule has 0 N–H and O–H groups in total. The quantitative estimate of drug-likeness (QED) is 0.702. The Balaban J connectivity index is 1.47. The molecule has 0 bridgehead atoms. The highest BCUT2D eigenvalue weighted by Crippen LogP contribution is 2.32. The van der Waals surface area contributed by atoms with E-state index in [0.29, 0.717) is 0 Å². The zero-order valence-corrected chi connectivity index (χ0v) is 16.4. The van der Waals surface area contributed by atoms with Gasteiger partial charge in [0.1, 0.15) is 11.6 Å². The van der Waals surface area contributed by atoms with Crippen molar-refractivity contribution in [3.63, 3.8) is 0 Å². The van der Waals surface area contributed by atoms with Crippen molar-refractivity contribution in [3.8, 4) is 0 Å². The van der Waals surface area contributed by atoms with Crippen LogP contribution in [0.2, 0.25) is 0 Å². The van der Waals surface area contributed by atoms with Crippen molar-refractivity contribution >= 4 is 17.3 Å². The number of piperazine rings is 1. The minimum Gasteiger partial charge on any atom is -0.368 e.